The summed E-state index contributed by atoms with van der Waals surface area (Å²) in [4.78, 5) is 30.5. The lowest BCUT2D eigenvalue weighted by atomic mass is 10.2. The maximum absolute atomic E-state index is 12.0. The average molecular weight is 312 g/mol. The van der Waals surface area contributed by atoms with E-state index in [9.17, 15) is 9.59 Å². The first-order valence-electron chi connectivity index (χ1n) is 5.30. The monoisotopic (exact) mass is 311 g/mol. The Balaban J connectivity index is 2.30. The van der Waals surface area contributed by atoms with Crippen molar-refractivity contribution >= 4 is 40.9 Å². The second kappa shape index (κ2) is 5.85. The number of aromatic carboxylic acids is 1. The summed E-state index contributed by atoms with van der Waals surface area (Å²) >= 11 is 11.4. The highest BCUT2D eigenvalue weighted by Gasteiger charge is 2.15. The fourth-order valence-electron chi connectivity index (χ4n) is 1.45. The molecule has 0 fully saturated rings. The van der Waals surface area contributed by atoms with E-state index in [0.717, 1.165) is 0 Å². The molecule has 2 heterocycles. The molecule has 0 spiro atoms. The van der Waals surface area contributed by atoms with Crippen molar-refractivity contribution in [3.8, 4) is 0 Å². The lowest BCUT2D eigenvalue weighted by Gasteiger charge is -2.07. The van der Waals surface area contributed by atoms with Gasteiger partial charge in [0.05, 0.1) is 0 Å². The van der Waals surface area contributed by atoms with Gasteiger partial charge in [0, 0.05) is 11.8 Å². The van der Waals surface area contributed by atoms with E-state index in [2.05, 4.69) is 15.3 Å². The number of carbonyl (C=O) groups excluding carboxylic acids is 1. The first kappa shape index (κ1) is 14.2. The van der Waals surface area contributed by atoms with Crippen LogP contribution in [0.5, 0.6) is 0 Å². The number of anilines is 1. The first-order valence-corrected chi connectivity index (χ1v) is 6.05. The molecule has 0 saturated heterocycles. The van der Waals surface area contributed by atoms with Crippen LogP contribution < -0.4 is 5.32 Å². The van der Waals surface area contributed by atoms with Crippen molar-refractivity contribution in [1.29, 1.82) is 0 Å². The Morgan fingerprint density at radius 3 is 2.45 bits per heavy atom. The number of rotatable bonds is 3. The van der Waals surface area contributed by atoms with Crippen molar-refractivity contribution in [3.05, 3.63) is 51.9 Å². The number of carboxylic acid groups (broad SMARTS) is 1. The van der Waals surface area contributed by atoms with Crippen LogP contribution in [-0.2, 0) is 0 Å². The molecular weight excluding hydrogens is 305 g/mol. The first-order chi connectivity index (χ1) is 9.47. The summed E-state index contributed by atoms with van der Waals surface area (Å²) in [5.41, 5.74) is 0.0316. The van der Waals surface area contributed by atoms with Crippen molar-refractivity contribution in [2.24, 2.45) is 0 Å². The molecule has 0 radical (unpaired) electrons. The Hall–Kier alpha value is -2.18. The van der Waals surface area contributed by atoms with Crippen LogP contribution in [0.2, 0.25) is 10.3 Å². The summed E-state index contributed by atoms with van der Waals surface area (Å²) in [5, 5.41) is 11.5. The van der Waals surface area contributed by atoms with Gasteiger partial charge >= 0.3 is 5.97 Å². The molecule has 0 aliphatic heterocycles. The largest absolute Gasteiger partial charge is 0.478 e. The van der Waals surface area contributed by atoms with Crippen molar-refractivity contribution < 1.29 is 14.7 Å². The van der Waals surface area contributed by atoms with Gasteiger partial charge in [-0.25, -0.2) is 14.8 Å². The number of pyridine rings is 2. The van der Waals surface area contributed by atoms with Gasteiger partial charge in [-0.2, -0.15) is 0 Å². The van der Waals surface area contributed by atoms with Gasteiger partial charge in [0.1, 0.15) is 21.7 Å². The van der Waals surface area contributed by atoms with Crippen LogP contribution in [0.25, 0.3) is 0 Å². The second-order valence-electron chi connectivity index (χ2n) is 3.66. The third-order valence-electron chi connectivity index (χ3n) is 2.30. The molecule has 8 heteroatoms. The Labute approximate surface area is 123 Å². The number of aromatic nitrogens is 2. The van der Waals surface area contributed by atoms with E-state index in [1.54, 1.807) is 0 Å². The SMILES string of the molecule is O=C(Nc1ncccc1C(=O)O)c1cc(Cl)nc(Cl)c1. The molecule has 0 aliphatic rings. The van der Waals surface area contributed by atoms with Gasteiger partial charge in [-0.05, 0) is 24.3 Å². The van der Waals surface area contributed by atoms with E-state index in [1.165, 1.54) is 30.5 Å². The molecule has 6 nitrogen and oxygen atoms in total. The van der Waals surface area contributed by atoms with E-state index in [1.807, 2.05) is 0 Å². The molecule has 2 aromatic rings. The molecular formula is C12H7Cl2N3O3. The van der Waals surface area contributed by atoms with Crippen LogP contribution in [0.15, 0.2) is 30.5 Å². The van der Waals surface area contributed by atoms with Gasteiger partial charge in [-0.1, -0.05) is 23.2 Å². The third-order valence-corrected chi connectivity index (χ3v) is 2.68. The van der Waals surface area contributed by atoms with Gasteiger partial charge in [-0.15, -0.1) is 0 Å². The van der Waals surface area contributed by atoms with Crippen LogP contribution in [0.4, 0.5) is 5.82 Å². The Bertz CT molecular complexity index is 671. The number of carboxylic acids is 1. The van der Waals surface area contributed by atoms with Crippen LogP contribution in [0, 0.1) is 0 Å². The fourth-order valence-corrected chi connectivity index (χ4v) is 1.91. The van der Waals surface area contributed by atoms with Crippen molar-refractivity contribution in [3.63, 3.8) is 0 Å². The van der Waals surface area contributed by atoms with Gasteiger partial charge in [0.2, 0.25) is 0 Å². The van der Waals surface area contributed by atoms with Crippen LogP contribution >= 0.6 is 23.2 Å². The zero-order chi connectivity index (χ0) is 14.7. The second-order valence-corrected chi connectivity index (χ2v) is 4.43. The van der Waals surface area contributed by atoms with Gasteiger partial charge < -0.3 is 10.4 Å². The number of halogens is 2. The van der Waals surface area contributed by atoms with Gasteiger partial charge in [0.15, 0.2) is 0 Å². The maximum atomic E-state index is 12.0. The van der Waals surface area contributed by atoms with E-state index in [0.29, 0.717) is 0 Å². The molecule has 20 heavy (non-hydrogen) atoms. The number of hydrogen-bond donors (Lipinski definition) is 2. The normalized spacial score (nSPS) is 10.1. The Morgan fingerprint density at radius 2 is 1.85 bits per heavy atom. The van der Waals surface area contributed by atoms with Gasteiger partial charge in [0.25, 0.3) is 5.91 Å². The molecule has 0 aliphatic carbocycles. The number of nitrogens with zero attached hydrogens (tertiary/aromatic N) is 2. The van der Waals surface area contributed by atoms with E-state index < -0.39 is 11.9 Å². The molecule has 0 unspecified atom stereocenters. The molecule has 2 aromatic heterocycles. The minimum absolute atomic E-state index is 0.0575. The number of nitrogens with one attached hydrogen (secondary N) is 1. The maximum Gasteiger partial charge on any atom is 0.339 e. The minimum Gasteiger partial charge on any atom is -0.478 e. The summed E-state index contributed by atoms with van der Waals surface area (Å²) in [6.45, 7) is 0. The number of hydrogen-bond acceptors (Lipinski definition) is 4. The Kier molecular flexibility index (Phi) is 4.16. The zero-order valence-corrected chi connectivity index (χ0v) is 11.3. The number of amides is 1. The third kappa shape index (κ3) is 3.23. The lowest BCUT2D eigenvalue weighted by Crippen LogP contribution is -2.16. The predicted molar refractivity (Wildman–Crippen MR) is 73.4 cm³/mol. The highest BCUT2D eigenvalue weighted by atomic mass is 35.5. The summed E-state index contributed by atoms with van der Waals surface area (Å²) in [6, 6.07) is 5.41. The summed E-state index contributed by atoms with van der Waals surface area (Å²) < 4.78 is 0. The molecule has 102 valence electrons. The highest BCUT2D eigenvalue weighted by Crippen LogP contribution is 2.17. The van der Waals surface area contributed by atoms with Gasteiger partial charge in [-0.3, -0.25) is 4.79 Å². The molecule has 0 atom stereocenters. The molecule has 1 amide bonds. The minimum atomic E-state index is -1.20. The molecule has 0 bridgehead atoms. The van der Waals surface area contributed by atoms with Crippen LogP contribution in [-0.4, -0.2) is 27.0 Å². The fraction of sp³-hybridized carbons (Fsp3) is 0. The van der Waals surface area contributed by atoms with Crippen molar-refractivity contribution in [2.45, 2.75) is 0 Å². The van der Waals surface area contributed by atoms with E-state index in [-0.39, 0.29) is 27.3 Å². The summed E-state index contributed by atoms with van der Waals surface area (Å²) in [7, 11) is 0. The quantitative estimate of drug-likeness (QED) is 0.850. The van der Waals surface area contributed by atoms with Crippen molar-refractivity contribution in [1.82, 2.24) is 9.97 Å². The summed E-state index contributed by atoms with van der Waals surface area (Å²) in [6.07, 6.45) is 1.37. The highest BCUT2D eigenvalue weighted by molar-refractivity contribution is 6.33. The average Bonchev–Trinajstić information content (AvgIpc) is 2.37. The van der Waals surface area contributed by atoms with Crippen LogP contribution in [0.3, 0.4) is 0 Å². The van der Waals surface area contributed by atoms with Crippen LogP contribution in [0.1, 0.15) is 20.7 Å². The van der Waals surface area contributed by atoms with E-state index in [4.69, 9.17) is 28.3 Å². The van der Waals surface area contributed by atoms with Crippen molar-refractivity contribution in [2.75, 3.05) is 5.32 Å². The molecule has 2 N–H and O–H groups in total. The van der Waals surface area contributed by atoms with E-state index >= 15 is 0 Å². The molecule has 2 rings (SSSR count). The topological polar surface area (TPSA) is 92.2 Å². The number of carbonyl (C=O) groups is 2. The Morgan fingerprint density at radius 1 is 1.20 bits per heavy atom. The zero-order valence-electron chi connectivity index (χ0n) is 9.80. The lowest BCUT2D eigenvalue weighted by molar-refractivity contribution is 0.0697. The molecule has 0 aromatic carbocycles. The summed E-state index contributed by atoms with van der Waals surface area (Å²) in [5.74, 6) is -1.84. The molecule has 0 saturated carbocycles. The predicted octanol–water partition coefficient (Wildman–Crippen LogP) is 2.73. The standard InChI is InChI=1S/C12H7Cl2N3O3/c13-8-4-6(5-9(14)16-8)11(18)17-10-7(12(19)20)2-1-3-15-10/h1-5H,(H,19,20)(H,15,17,18). The smallest absolute Gasteiger partial charge is 0.339 e.